The number of aromatic nitrogens is 4. The Labute approximate surface area is 238 Å². The highest BCUT2D eigenvalue weighted by atomic mass is 16.5. The van der Waals surface area contributed by atoms with Gasteiger partial charge >= 0.3 is 11.5 Å². The lowest BCUT2D eigenvalue weighted by Gasteiger charge is -2.33. The lowest BCUT2D eigenvalue weighted by molar-refractivity contribution is -0.958. The third-order valence-electron chi connectivity index (χ3n) is 10.1. The molecule has 1 atom stereocenters. The minimum absolute atomic E-state index is 0.670. The SMILES string of the molecule is c1cc[n+]2c(c1)-n1c3ccccc3c3ccc4c(c31)C21c2c3ccccc3n3c5ccccc5c5ccc([n+]1c5c23)O4. The highest BCUT2D eigenvalue weighted by Gasteiger charge is 2.68. The van der Waals surface area contributed by atoms with Crippen molar-refractivity contribution in [2.75, 3.05) is 0 Å². The molecule has 1 unspecified atom stereocenters. The Balaban J connectivity index is 1.48. The molecule has 9 aromatic rings. The Morgan fingerprint density at radius 1 is 0.548 bits per heavy atom. The first-order valence-electron chi connectivity index (χ1n) is 14.5. The van der Waals surface area contributed by atoms with Crippen LogP contribution in [-0.2, 0) is 5.66 Å². The van der Waals surface area contributed by atoms with Crippen molar-refractivity contribution in [2.24, 2.45) is 0 Å². The van der Waals surface area contributed by atoms with E-state index in [4.69, 9.17) is 4.74 Å². The van der Waals surface area contributed by atoms with E-state index in [9.17, 15) is 0 Å². The van der Waals surface area contributed by atoms with Gasteiger partial charge in [0.05, 0.1) is 28.7 Å². The molecule has 3 aliphatic rings. The van der Waals surface area contributed by atoms with Crippen molar-refractivity contribution in [3.8, 4) is 17.4 Å². The third-order valence-corrected chi connectivity index (χ3v) is 10.1. The second kappa shape index (κ2) is 6.29. The molecule has 5 heteroatoms. The summed E-state index contributed by atoms with van der Waals surface area (Å²) in [7, 11) is 0. The van der Waals surface area contributed by atoms with E-state index in [0.717, 1.165) is 17.4 Å². The Bertz CT molecular complexity index is 2780. The first-order valence-corrected chi connectivity index (χ1v) is 14.5. The van der Waals surface area contributed by atoms with Crippen LogP contribution in [0.5, 0.6) is 11.6 Å². The van der Waals surface area contributed by atoms with Gasteiger partial charge in [0.2, 0.25) is 5.52 Å². The monoisotopic (exact) mass is 536 g/mol. The lowest BCUT2D eigenvalue weighted by Crippen LogP contribution is -2.76. The maximum atomic E-state index is 6.89. The fourth-order valence-corrected chi connectivity index (χ4v) is 8.75. The zero-order valence-corrected chi connectivity index (χ0v) is 22.2. The van der Waals surface area contributed by atoms with E-state index in [1.54, 1.807) is 0 Å². The fourth-order valence-electron chi connectivity index (χ4n) is 8.75. The van der Waals surface area contributed by atoms with Crippen LogP contribution in [0.2, 0.25) is 0 Å². The maximum absolute atomic E-state index is 6.89. The molecule has 0 fully saturated rings. The molecule has 5 nitrogen and oxygen atoms in total. The quantitative estimate of drug-likeness (QED) is 0.150. The summed E-state index contributed by atoms with van der Waals surface area (Å²) in [5, 5.41) is 6.25. The smallest absolute Gasteiger partial charge is 0.378 e. The van der Waals surface area contributed by atoms with Crippen LogP contribution in [0.1, 0.15) is 11.1 Å². The van der Waals surface area contributed by atoms with Gasteiger partial charge in [-0.3, -0.25) is 0 Å². The maximum Gasteiger partial charge on any atom is 0.378 e. The van der Waals surface area contributed by atoms with Crippen LogP contribution in [0.15, 0.2) is 121 Å². The summed E-state index contributed by atoms with van der Waals surface area (Å²) < 4.78 is 16.8. The van der Waals surface area contributed by atoms with E-state index >= 15 is 0 Å². The van der Waals surface area contributed by atoms with Crippen LogP contribution in [0.25, 0.3) is 65.8 Å². The molecule has 0 saturated carbocycles. The molecule has 0 saturated heterocycles. The summed E-state index contributed by atoms with van der Waals surface area (Å²) in [5.74, 6) is 2.92. The summed E-state index contributed by atoms with van der Waals surface area (Å²) in [6.07, 6.45) is 2.26. The van der Waals surface area contributed by atoms with E-state index in [-0.39, 0.29) is 0 Å². The van der Waals surface area contributed by atoms with Crippen LogP contribution < -0.4 is 13.9 Å². The Kier molecular flexibility index (Phi) is 3.03. The van der Waals surface area contributed by atoms with E-state index in [0.29, 0.717) is 0 Å². The van der Waals surface area contributed by atoms with Gasteiger partial charge in [0.15, 0.2) is 16.8 Å². The van der Waals surface area contributed by atoms with Crippen molar-refractivity contribution < 1.29 is 13.9 Å². The van der Waals surface area contributed by atoms with Crippen molar-refractivity contribution in [1.82, 2.24) is 8.97 Å². The molecule has 192 valence electrons. The summed E-state index contributed by atoms with van der Waals surface area (Å²) in [6, 6.07) is 42.0. The first kappa shape index (κ1) is 20.2. The summed E-state index contributed by atoms with van der Waals surface area (Å²) in [4.78, 5) is 0. The van der Waals surface area contributed by atoms with E-state index < -0.39 is 5.66 Å². The predicted molar refractivity (Wildman–Crippen MR) is 163 cm³/mol. The van der Waals surface area contributed by atoms with Gasteiger partial charge in [0.1, 0.15) is 16.6 Å². The zero-order chi connectivity index (χ0) is 26.9. The van der Waals surface area contributed by atoms with Crippen molar-refractivity contribution in [1.29, 1.82) is 0 Å². The number of hydrogen-bond donors (Lipinski definition) is 0. The molecular formula is C37H20N4O+2. The number of benzene rings is 4. The van der Waals surface area contributed by atoms with Crippen LogP contribution in [0.4, 0.5) is 0 Å². The van der Waals surface area contributed by atoms with Gasteiger partial charge in [-0.1, -0.05) is 54.6 Å². The van der Waals surface area contributed by atoms with Gasteiger partial charge in [-0.05, 0) is 48.5 Å². The number of fused-ring (bicyclic) bond motifs is 11. The molecule has 1 spiro atoms. The fraction of sp³-hybridized carbons (Fsp3) is 0.0270. The number of hydrogen-bond acceptors (Lipinski definition) is 1. The van der Waals surface area contributed by atoms with Crippen molar-refractivity contribution in [3.63, 3.8) is 0 Å². The number of nitrogens with zero attached hydrogens (tertiary/aromatic N) is 4. The molecule has 12 rings (SSSR count). The third kappa shape index (κ3) is 1.83. The largest absolute Gasteiger partial charge is 0.404 e. The molecule has 0 radical (unpaired) electrons. The lowest BCUT2D eigenvalue weighted by atomic mass is 9.86. The predicted octanol–water partition coefficient (Wildman–Crippen LogP) is 7.10. The second-order valence-electron chi connectivity index (χ2n) is 11.8. The highest BCUT2D eigenvalue weighted by Crippen LogP contribution is 2.55. The molecule has 5 aromatic heterocycles. The Morgan fingerprint density at radius 2 is 1.24 bits per heavy atom. The summed E-state index contributed by atoms with van der Waals surface area (Å²) >= 11 is 0. The minimum atomic E-state index is -0.670. The van der Waals surface area contributed by atoms with Gasteiger partial charge in [0, 0.05) is 27.6 Å². The Morgan fingerprint density at radius 3 is 2.10 bits per heavy atom. The topological polar surface area (TPSA) is 26.3 Å². The normalized spacial score (nSPS) is 17.3. The molecule has 0 bridgehead atoms. The molecule has 0 N–H and O–H groups in total. The molecule has 0 aliphatic carbocycles. The number of para-hydroxylation sites is 3. The number of pyridine rings is 3. The van der Waals surface area contributed by atoms with E-state index in [1.807, 2.05) is 0 Å². The molecule has 8 heterocycles. The van der Waals surface area contributed by atoms with Gasteiger partial charge in [0.25, 0.3) is 5.82 Å². The molecule has 0 amide bonds. The van der Waals surface area contributed by atoms with Crippen LogP contribution >= 0.6 is 0 Å². The van der Waals surface area contributed by atoms with Gasteiger partial charge in [-0.2, -0.15) is 9.13 Å². The molecular weight excluding hydrogens is 516 g/mol. The summed E-state index contributed by atoms with van der Waals surface area (Å²) in [5.41, 5.74) is 9.19. The van der Waals surface area contributed by atoms with Crippen LogP contribution in [-0.4, -0.2) is 8.97 Å². The van der Waals surface area contributed by atoms with Crippen molar-refractivity contribution in [3.05, 3.63) is 133 Å². The van der Waals surface area contributed by atoms with Crippen LogP contribution in [0.3, 0.4) is 0 Å². The highest BCUT2D eigenvalue weighted by molar-refractivity contribution is 6.17. The van der Waals surface area contributed by atoms with Crippen molar-refractivity contribution in [2.45, 2.75) is 5.66 Å². The van der Waals surface area contributed by atoms with Crippen molar-refractivity contribution >= 4 is 60.0 Å². The number of ether oxygens (including phenoxy) is 1. The number of rotatable bonds is 0. The van der Waals surface area contributed by atoms with Gasteiger partial charge < -0.3 is 9.14 Å². The van der Waals surface area contributed by atoms with Gasteiger partial charge in [-0.15, -0.1) is 4.57 Å². The first-order chi connectivity index (χ1) is 20.9. The summed E-state index contributed by atoms with van der Waals surface area (Å²) in [6.45, 7) is 0. The Hall–Kier alpha value is -5.68. The zero-order valence-electron chi connectivity index (χ0n) is 22.2. The standard InChI is InChI=1S/C37H20N4O/c1-4-12-26-22(10-1)24-17-19-31-41-35(24)36-32(25-11-3-6-14-28(25)39(26)36)37(41)33-29(42-31)18-16-23-21-9-2-5-13-27(21)40(34(23)33)30-15-7-8-20-38(30)37/h1-20H/q+2. The van der Waals surface area contributed by atoms with E-state index in [1.165, 1.54) is 71.2 Å². The average Bonchev–Trinajstić information content (AvgIpc) is 3.68. The molecule has 42 heavy (non-hydrogen) atoms. The van der Waals surface area contributed by atoms with Gasteiger partial charge in [-0.25, -0.2) is 0 Å². The molecule has 3 aliphatic heterocycles. The second-order valence-corrected chi connectivity index (χ2v) is 11.8. The minimum Gasteiger partial charge on any atom is -0.404 e. The average molecular weight is 537 g/mol. The molecule has 4 aromatic carbocycles. The van der Waals surface area contributed by atoms with Crippen LogP contribution in [0, 0.1) is 0 Å². The van der Waals surface area contributed by atoms with E-state index in [2.05, 4.69) is 140 Å².